The maximum absolute atomic E-state index is 9.13. The van der Waals surface area contributed by atoms with Gasteiger partial charge in [-0.25, -0.2) is 0 Å². The lowest BCUT2D eigenvalue weighted by Crippen LogP contribution is -2.35. The van der Waals surface area contributed by atoms with E-state index in [1.807, 2.05) is 6.07 Å². The molecule has 1 aliphatic heterocycles. The fourth-order valence-electron chi connectivity index (χ4n) is 2.89. The lowest BCUT2D eigenvalue weighted by molar-refractivity contribution is 0.592. The van der Waals surface area contributed by atoms with Gasteiger partial charge >= 0.3 is 0 Å². The Morgan fingerprint density at radius 1 is 1.05 bits per heavy atom. The maximum atomic E-state index is 9.13. The van der Waals surface area contributed by atoms with Gasteiger partial charge in [-0.15, -0.1) is 0 Å². The van der Waals surface area contributed by atoms with E-state index >= 15 is 0 Å². The minimum absolute atomic E-state index is 0.178. The molecule has 0 aromatic heterocycles. The molecule has 2 aromatic rings. The summed E-state index contributed by atoms with van der Waals surface area (Å²) in [7, 11) is 0. The number of hydrogen-bond acceptors (Lipinski definition) is 2. The first-order chi connectivity index (χ1) is 9.40. The van der Waals surface area contributed by atoms with E-state index in [0.717, 1.165) is 13.0 Å². The number of benzene rings is 2. The predicted molar refractivity (Wildman–Crippen MR) is 76.9 cm³/mol. The molecular weight excluding hydrogens is 232 g/mol. The molecule has 1 aliphatic rings. The van der Waals surface area contributed by atoms with Crippen LogP contribution in [0.2, 0.25) is 0 Å². The highest BCUT2D eigenvalue weighted by Gasteiger charge is 2.26. The SMILES string of the molecule is N#CCC1c2ccccc2CCN1c1ccccc1. The van der Waals surface area contributed by atoms with Crippen LogP contribution in [0.3, 0.4) is 0 Å². The molecule has 3 rings (SSSR count). The van der Waals surface area contributed by atoms with Crippen LogP contribution in [0.1, 0.15) is 23.6 Å². The Bertz CT molecular complexity index is 598. The Labute approximate surface area is 113 Å². The van der Waals surface area contributed by atoms with Crippen molar-refractivity contribution in [1.29, 1.82) is 5.26 Å². The molecule has 0 fully saturated rings. The van der Waals surface area contributed by atoms with Crippen molar-refractivity contribution in [3.8, 4) is 6.07 Å². The topological polar surface area (TPSA) is 27.0 Å². The van der Waals surface area contributed by atoms with Crippen LogP contribution in [0.15, 0.2) is 54.6 Å². The van der Waals surface area contributed by atoms with Crippen molar-refractivity contribution in [2.24, 2.45) is 0 Å². The molecular formula is C17H16N2. The third kappa shape index (κ3) is 2.20. The van der Waals surface area contributed by atoms with Crippen LogP contribution in [0, 0.1) is 11.3 Å². The lowest BCUT2D eigenvalue weighted by atomic mass is 9.90. The summed E-state index contributed by atoms with van der Waals surface area (Å²) in [6, 6.07) is 21.4. The number of para-hydroxylation sites is 1. The van der Waals surface area contributed by atoms with Crippen molar-refractivity contribution < 1.29 is 0 Å². The molecule has 1 unspecified atom stereocenters. The van der Waals surface area contributed by atoms with Gasteiger partial charge in [-0.05, 0) is 29.7 Å². The number of fused-ring (bicyclic) bond motifs is 1. The Morgan fingerprint density at radius 3 is 2.58 bits per heavy atom. The van der Waals surface area contributed by atoms with Crippen LogP contribution in [-0.4, -0.2) is 6.54 Å². The highest BCUT2D eigenvalue weighted by molar-refractivity contribution is 5.52. The molecule has 94 valence electrons. The molecule has 0 amide bonds. The van der Waals surface area contributed by atoms with Gasteiger partial charge in [0.25, 0.3) is 0 Å². The summed E-state index contributed by atoms with van der Waals surface area (Å²) in [5.74, 6) is 0. The Hall–Kier alpha value is -2.27. The summed E-state index contributed by atoms with van der Waals surface area (Å²) in [5.41, 5.74) is 3.89. The zero-order valence-corrected chi connectivity index (χ0v) is 10.8. The molecule has 0 saturated carbocycles. The van der Waals surface area contributed by atoms with Crippen LogP contribution in [0.5, 0.6) is 0 Å². The largest absolute Gasteiger partial charge is 0.363 e. The lowest BCUT2D eigenvalue weighted by Gasteiger charge is -2.38. The van der Waals surface area contributed by atoms with E-state index in [4.69, 9.17) is 5.26 Å². The predicted octanol–water partition coefficient (Wildman–Crippen LogP) is 3.70. The molecule has 2 nitrogen and oxygen atoms in total. The molecule has 1 atom stereocenters. The molecule has 0 spiro atoms. The average Bonchev–Trinajstić information content (AvgIpc) is 2.49. The van der Waals surface area contributed by atoms with E-state index in [2.05, 4.69) is 59.5 Å². The van der Waals surface area contributed by atoms with E-state index in [1.54, 1.807) is 0 Å². The molecule has 19 heavy (non-hydrogen) atoms. The number of anilines is 1. The second-order valence-electron chi connectivity index (χ2n) is 4.86. The first-order valence-corrected chi connectivity index (χ1v) is 6.66. The molecule has 0 radical (unpaired) electrons. The molecule has 2 heteroatoms. The van der Waals surface area contributed by atoms with E-state index in [1.165, 1.54) is 16.8 Å². The summed E-state index contributed by atoms with van der Waals surface area (Å²) in [4.78, 5) is 2.35. The molecule has 0 saturated heterocycles. The van der Waals surface area contributed by atoms with E-state index in [0.29, 0.717) is 6.42 Å². The zero-order valence-electron chi connectivity index (χ0n) is 10.8. The van der Waals surface area contributed by atoms with Crippen molar-refractivity contribution in [2.75, 3.05) is 11.4 Å². The summed E-state index contributed by atoms with van der Waals surface area (Å²) >= 11 is 0. The van der Waals surface area contributed by atoms with Gasteiger partial charge in [0.05, 0.1) is 18.5 Å². The summed E-state index contributed by atoms with van der Waals surface area (Å²) in [6.45, 7) is 0.980. The molecule has 2 aromatic carbocycles. The van der Waals surface area contributed by atoms with E-state index in [-0.39, 0.29) is 6.04 Å². The maximum Gasteiger partial charge on any atom is 0.0675 e. The monoisotopic (exact) mass is 248 g/mol. The van der Waals surface area contributed by atoms with Gasteiger partial charge in [0.2, 0.25) is 0 Å². The number of rotatable bonds is 2. The van der Waals surface area contributed by atoms with Crippen molar-refractivity contribution in [2.45, 2.75) is 18.9 Å². The summed E-state index contributed by atoms with van der Waals surface area (Å²) < 4.78 is 0. The Morgan fingerprint density at radius 2 is 1.79 bits per heavy atom. The molecule has 0 N–H and O–H groups in total. The van der Waals surface area contributed by atoms with Gasteiger partial charge in [-0.1, -0.05) is 42.5 Å². The van der Waals surface area contributed by atoms with Crippen molar-refractivity contribution >= 4 is 5.69 Å². The summed E-state index contributed by atoms with van der Waals surface area (Å²) in [6.07, 6.45) is 1.58. The first-order valence-electron chi connectivity index (χ1n) is 6.66. The number of nitriles is 1. The second-order valence-corrected chi connectivity index (χ2v) is 4.86. The van der Waals surface area contributed by atoms with Crippen LogP contribution < -0.4 is 4.90 Å². The van der Waals surface area contributed by atoms with Crippen LogP contribution in [-0.2, 0) is 6.42 Å². The van der Waals surface area contributed by atoms with Gasteiger partial charge in [0.1, 0.15) is 0 Å². The van der Waals surface area contributed by atoms with Gasteiger partial charge in [0.15, 0.2) is 0 Å². The quantitative estimate of drug-likeness (QED) is 0.810. The normalized spacial score (nSPS) is 17.6. The third-order valence-corrected chi connectivity index (χ3v) is 3.78. The van der Waals surface area contributed by atoms with Gasteiger partial charge in [-0.2, -0.15) is 5.26 Å². The van der Waals surface area contributed by atoms with Crippen LogP contribution in [0.25, 0.3) is 0 Å². The number of hydrogen-bond donors (Lipinski definition) is 0. The van der Waals surface area contributed by atoms with E-state index < -0.39 is 0 Å². The molecule has 0 bridgehead atoms. The van der Waals surface area contributed by atoms with Gasteiger partial charge in [-0.3, -0.25) is 0 Å². The second kappa shape index (κ2) is 5.16. The van der Waals surface area contributed by atoms with Crippen LogP contribution >= 0.6 is 0 Å². The Balaban J connectivity index is 2.01. The summed E-state index contributed by atoms with van der Waals surface area (Å²) in [5, 5.41) is 9.13. The van der Waals surface area contributed by atoms with E-state index in [9.17, 15) is 0 Å². The van der Waals surface area contributed by atoms with Gasteiger partial charge in [0, 0.05) is 12.2 Å². The molecule has 1 heterocycles. The van der Waals surface area contributed by atoms with Crippen LogP contribution in [0.4, 0.5) is 5.69 Å². The first kappa shape index (κ1) is 11.8. The highest BCUT2D eigenvalue weighted by atomic mass is 15.2. The van der Waals surface area contributed by atoms with Gasteiger partial charge < -0.3 is 4.90 Å². The smallest absolute Gasteiger partial charge is 0.0675 e. The zero-order chi connectivity index (χ0) is 13.1. The fraction of sp³-hybridized carbons (Fsp3) is 0.235. The van der Waals surface area contributed by atoms with Crippen molar-refractivity contribution in [3.05, 3.63) is 65.7 Å². The third-order valence-electron chi connectivity index (χ3n) is 3.78. The minimum atomic E-state index is 0.178. The van der Waals surface area contributed by atoms with Crippen molar-refractivity contribution in [1.82, 2.24) is 0 Å². The standard InChI is InChI=1S/C17H16N2/c18-12-10-17-16-9-5-4-6-14(16)11-13-19(17)15-7-2-1-3-8-15/h1-9,17H,10-11,13H2. The average molecular weight is 248 g/mol. The fourth-order valence-corrected chi connectivity index (χ4v) is 2.89. The Kier molecular flexibility index (Phi) is 3.20. The highest BCUT2D eigenvalue weighted by Crippen LogP contribution is 2.35. The number of nitrogens with zero attached hydrogens (tertiary/aromatic N) is 2. The minimum Gasteiger partial charge on any atom is -0.363 e. The molecule has 0 aliphatic carbocycles. The van der Waals surface area contributed by atoms with Crippen molar-refractivity contribution in [3.63, 3.8) is 0 Å².